The summed E-state index contributed by atoms with van der Waals surface area (Å²) in [7, 11) is 1.79. The molecule has 0 aromatic heterocycles. The van der Waals surface area contributed by atoms with Crippen LogP contribution in [0.2, 0.25) is 0 Å². The molecule has 0 aliphatic carbocycles. The Labute approximate surface area is 48.3 Å². The lowest BCUT2D eigenvalue weighted by Crippen LogP contribution is -2.37. The van der Waals surface area contributed by atoms with Gasteiger partial charge in [-0.05, 0) is 0 Å². The van der Waals surface area contributed by atoms with Crippen LogP contribution in [0.25, 0.3) is 0 Å². The van der Waals surface area contributed by atoms with Crippen LogP contribution in [0.4, 0.5) is 0 Å². The number of guanidine groups is 1. The summed E-state index contributed by atoms with van der Waals surface area (Å²) in [6.07, 6.45) is 0. The minimum absolute atomic E-state index is 0.907. The summed E-state index contributed by atoms with van der Waals surface area (Å²) in [6.45, 7) is 1.94. The summed E-state index contributed by atoms with van der Waals surface area (Å²) < 4.78 is 1.53. The van der Waals surface area contributed by atoms with Gasteiger partial charge in [-0.25, -0.2) is 0 Å². The van der Waals surface area contributed by atoms with E-state index < -0.39 is 0 Å². The van der Waals surface area contributed by atoms with Crippen LogP contribution >= 0.6 is 0 Å². The van der Waals surface area contributed by atoms with Gasteiger partial charge in [0.15, 0.2) is 0 Å². The molecule has 0 amide bonds. The molecule has 0 bridgehead atoms. The predicted molar refractivity (Wildman–Crippen MR) is 31.4 cm³/mol. The highest BCUT2D eigenvalue weighted by atomic mass is 15.4. The summed E-state index contributed by atoms with van der Waals surface area (Å²) in [6, 6.07) is 0. The first-order valence-electron chi connectivity index (χ1n) is 2.64. The van der Waals surface area contributed by atoms with E-state index in [0.29, 0.717) is 0 Å². The van der Waals surface area contributed by atoms with Gasteiger partial charge in [0.05, 0.1) is 20.1 Å². The van der Waals surface area contributed by atoms with Gasteiger partial charge in [0.1, 0.15) is 0 Å². The van der Waals surface area contributed by atoms with E-state index in [1.165, 1.54) is 4.68 Å². The molecule has 0 unspecified atom stereocenters. The van der Waals surface area contributed by atoms with Crippen molar-refractivity contribution < 1.29 is 4.68 Å². The Morgan fingerprint density at radius 2 is 2.00 bits per heavy atom. The van der Waals surface area contributed by atoms with E-state index in [9.17, 15) is 0 Å². The lowest BCUT2D eigenvalue weighted by molar-refractivity contribution is -0.512. The van der Waals surface area contributed by atoms with Crippen LogP contribution in [0, 0.1) is 0 Å². The van der Waals surface area contributed by atoms with Gasteiger partial charge in [-0.3, -0.25) is 16.5 Å². The van der Waals surface area contributed by atoms with Crippen molar-refractivity contribution in [3.63, 3.8) is 0 Å². The molecule has 1 rings (SSSR count). The smallest absolute Gasteiger partial charge is 0.294 e. The molecule has 8 heavy (non-hydrogen) atoms. The van der Waals surface area contributed by atoms with Gasteiger partial charge in [0, 0.05) is 0 Å². The van der Waals surface area contributed by atoms with Crippen molar-refractivity contribution >= 4 is 5.96 Å². The highest BCUT2D eigenvalue weighted by molar-refractivity contribution is 5.76. The van der Waals surface area contributed by atoms with Crippen molar-refractivity contribution in [1.82, 2.24) is 10.6 Å². The second kappa shape index (κ2) is 1.90. The molecular weight excluding hydrogens is 104 g/mol. The number of hydrogen-bond donors (Lipinski definition) is 3. The standard InChI is InChI=1S/C4H10N4/c1-8(5)4-6-2-3-7-4/h2-3,5H2,1H3,(H,6,7)/p+1. The van der Waals surface area contributed by atoms with Crippen molar-refractivity contribution in [3.8, 4) is 0 Å². The van der Waals surface area contributed by atoms with Gasteiger partial charge < -0.3 is 0 Å². The molecule has 4 nitrogen and oxygen atoms in total. The average molecular weight is 115 g/mol. The Balaban J connectivity index is 2.58. The number of nitrogens with zero attached hydrogens (tertiary/aromatic N) is 1. The lowest BCUT2D eigenvalue weighted by atomic mass is 10.7. The van der Waals surface area contributed by atoms with Crippen LogP contribution in [0.15, 0.2) is 0 Å². The largest absolute Gasteiger partial charge is 0.367 e. The third-order valence-corrected chi connectivity index (χ3v) is 1.06. The summed E-state index contributed by atoms with van der Waals surface area (Å²) in [5.74, 6) is 6.28. The molecule has 1 saturated heterocycles. The quantitative estimate of drug-likeness (QED) is 0.195. The normalized spacial score (nSPS) is 17.4. The maximum Gasteiger partial charge on any atom is 0.367 e. The van der Waals surface area contributed by atoms with E-state index in [0.717, 1.165) is 19.0 Å². The van der Waals surface area contributed by atoms with Gasteiger partial charge >= 0.3 is 5.96 Å². The van der Waals surface area contributed by atoms with Gasteiger partial charge in [-0.2, -0.15) is 4.68 Å². The molecule has 0 radical (unpaired) electrons. The molecule has 0 spiro atoms. The first-order valence-corrected chi connectivity index (χ1v) is 2.64. The molecule has 0 saturated carbocycles. The lowest BCUT2D eigenvalue weighted by Gasteiger charge is -1.93. The third-order valence-electron chi connectivity index (χ3n) is 1.06. The molecule has 1 fully saturated rings. The van der Waals surface area contributed by atoms with Crippen LogP contribution in [0.3, 0.4) is 0 Å². The van der Waals surface area contributed by atoms with Crippen LogP contribution in [0.1, 0.15) is 0 Å². The molecule has 0 aromatic rings. The van der Waals surface area contributed by atoms with E-state index in [4.69, 9.17) is 5.84 Å². The maximum absolute atomic E-state index is 5.37. The average Bonchev–Trinajstić information content (AvgIpc) is 2.12. The summed E-state index contributed by atoms with van der Waals surface area (Å²) in [4.78, 5) is 0. The van der Waals surface area contributed by atoms with Gasteiger partial charge in [-0.15, -0.1) is 0 Å². The zero-order valence-electron chi connectivity index (χ0n) is 4.94. The molecular formula is C4H11N4+. The fraction of sp³-hybridized carbons (Fsp3) is 0.750. The van der Waals surface area contributed by atoms with Gasteiger partial charge in [0.25, 0.3) is 0 Å². The Hall–Kier alpha value is -0.930. The zero-order chi connectivity index (χ0) is 5.98. The van der Waals surface area contributed by atoms with E-state index in [1.807, 2.05) is 0 Å². The van der Waals surface area contributed by atoms with Crippen molar-refractivity contribution in [2.24, 2.45) is 5.84 Å². The molecule has 1 aliphatic rings. The topological polar surface area (TPSA) is 53.1 Å². The highest BCUT2D eigenvalue weighted by Gasteiger charge is 2.13. The first kappa shape index (κ1) is 5.21. The highest BCUT2D eigenvalue weighted by Crippen LogP contribution is 1.70. The summed E-state index contributed by atoms with van der Waals surface area (Å²) in [5, 5.41) is 6.12. The third kappa shape index (κ3) is 0.828. The van der Waals surface area contributed by atoms with Gasteiger partial charge in [-0.1, -0.05) is 0 Å². The number of rotatable bonds is 0. The summed E-state index contributed by atoms with van der Waals surface area (Å²) >= 11 is 0. The van der Waals surface area contributed by atoms with E-state index in [2.05, 4.69) is 10.6 Å². The summed E-state index contributed by atoms with van der Waals surface area (Å²) in [5.41, 5.74) is 0. The van der Waals surface area contributed by atoms with Crippen molar-refractivity contribution in [3.05, 3.63) is 0 Å². The first-order chi connectivity index (χ1) is 3.80. The molecule has 0 atom stereocenters. The number of hydrogen-bond acceptors (Lipinski definition) is 1. The number of hydrazine groups is 1. The Kier molecular flexibility index (Phi) is 1.24. The van der Waals surface area contributed by atoms with Crippen molar-refractivity contribution in [2.75, 3.05) is 20.1 Å². The predicted octanol–water partition coefficient (Wildman–Crippen LogP) is -1.95. The Morgan fingerprint density at radius 3 is 2.25 bits per heavy atom. The van der Waals surface area contributed by atoms with E-state index in [1.54, 1.807) is 7.05 Å². The number of nitrogens with two attached hydrogens (primary N) is 1. The van der Waals surface area contributed by atoms with Gasteiger partial charge in [0.2, 0.25) is 0 Å². The number of hydrazone groups is 1. The van der Waals surface area contributed by atoms with Crippen LogP contribution < -0.4 is 16.5 Å². The van der Waals surface area contributed by atoms with E-state index in [-0.39, 0.29) is 0 Å². The van der Waals surface area contributed by atoms with Crippen molar-refractivity contribution in [1.29, 1.82) is 0 Å². The molecule has 0 aromatic carbocycles. The molecule has 4 N–H and O–H groups in total. The monoisotopic (exact) mass is 115 g/mol. The molecule has 46 valence electrons. The second-order valence-corrected chi connectivity index (χ2v) is 1.81. The minimum atomic E-state index is 0.907. The Morgan fingerprint density at radius 1 is 1.50 bits per heavy atom. The zero-order valence-corrected chi connectivity index (χ0v) is 4.94. The Bertz CT molecular complexity index is 105. The fourth-order valence-electron chi connectivity index (χ4n) is 0.674. The van der Waals surface area contributed by atoms with Crippen molar-refractivity contribution in [2.45, 2.75) is 0 Å². The molecule has 4 heteroatoms. The second-order valence-electron chi connectivity index (χ2n) is 1.81. The molecule has 1 aliphatic heterocycles. The fourth-order valence-corrected chi connectivity index (χ4v) is 0.674. The SMILES string of the molecule is C[N+](N)=C1NCCN1. The minimum Gasteiger partial charge on any atom is -0.294 e. The van der Waals surface area contributed by atoms with E-state index >= 15 is 0 Å². The van der Waals surface area contributed by atoms with Crippen LogP contribution in [-0.2, 0) is 0 Å². The van der Waals surface area contributed by atoms with Crippen LogP contribution in [-0.4, -0.2) is 30.8 Å². The molecule has 1 heterocycles. The maximum atomic E-state index is 5.37. The number of nitrogens with one attached hydrogen (secondary N) is 2. The van der Waals surface area contributed by atoms with Crippen LogP contribution in [0.5, 0.6) is 0 Å².